The van der Waals surface area contributed by atoms with Crippen molar-refractivity contribution in [3.63, 3.8) is 0 Å². The van der Waals surface area contributed by atoms with Crippen LogP contribution >= 0.6 is 0 Å². The number of carbonyl (C=O) groups excluding carboxylic acids is 1. The molecule has 108 valence electrons. The maximum absolute atomic E-state index is 11.7. The summed E-state index contributed by atoms with van der Waals surface area (Å²) in [5, 5.41) is 13.5. The van der Waals surface area contributed by atoms with Gasteiger partial charge in [-0.05, 0) is 40.2 Å². The molecular weight excluding hydrogens is 242 g/mol. The van der Waals surface area contributed by atoms with E-state index < -0.39 is 18.1 Å². The summed E-state index contributed by atoms with van der Waals surface area (Å²) in [6.07, 6.45) is 1.44. The fraction of sp³-hybridized carbons (Fsp3) is 0.786. The minimum atomic E-state index is -0.777. The van der Waals surface area contributed by atoms with Crippen molar-refractivity contribution in [3.05, 3.63) is 12.2 Å². The molecule has 2 heterocycles. The van der Waals surface area contributed by atoms with Crippen LogP contribution in [-0.4, -0.2) is 52.2 Å². The lowest BCUT2D eigenvalue weighted by Crippen LogP contribution is -2.82. The fourth-order valence-electron chi connectivity index (χ4n) is 4.01. The Bertz CT molecular complexity index is 388. The van der Waals surface area contributed by atoms with Gasteiger partial charge in [-0.3, -0.25) is 9.69 Å². The molecule has 0 radical (unpaired) electrons. The van der Waals surface area contributed by atoms with E-state index in [1.165, 1.54) is 0 Å². The largest absolute Gasteiger partial charge is 0.391 e. The van der Waals surface area contributed by atoms with Crippen LogP contribution in [0.4, 0.5) is 0 Å². The van der Waals surface area contributed by atoms with Crippen LogP contribution in [0.3, 0.4) is 0 Å². The molecule has 5 nitrogen and oxygen atoms in total. The molecule has 0 saturated carbocycles. The number of hydrogen-bond donors (Lipinski definition) is 3. The van der Waals surface area contributed by atoms with Gasteiger partial charge in [-0.2, -0.15) is 0 Å². The highest BCUT2D eigenvalue weighted by Gasteiger charge is 2.62. The van der Waals surface area contributed by atoms with Crippen molar-refractivity contribution in [2.75, 3.05) is 6.54 Å². The first kappa shape index (κ1) is 14.5. The highest BCUT2D eigenvalue weighted by molar-refractivity contribution is 5.81. The third kappa shape index (κ3) is 2.00. The first-order valence-electron chi connectivity index (χ1n) is 6.98. The lowest BCUT2D eigenvalue weighted by Gasteiger charge is -2.64. The molecule has 5 atom stereocenters. The van der Waals surface area contributed by atoms with Gasteiger partial charge < -0.3 is 16.2 Å². The van der Waals surface area contributed by atoms with Gasteiger partial charge in [-0.1, -0.05) is 12.2 Å². The number of nitrogens with one attached hydrogen (secondary N) is 1. The number of hydrogen-bond acceptors (Lipinski definition) is 4. The van der Waals surface area contributed by atoms with Crippen molar-refractivity contribution < 1.29 is 9.90 Å². The SMILES string of the molecule is C=C(C)C1N([C@H](C(N)=O)[C@@H](C)O)C(C)C12CCCN2. The molecule has 5 heteroatoms. The summed E-state index contributed by atoms with van der Waals surface area (Å²) < 4.78 is 0. The predicted molar refractivity (Wildman–Crippen MR) is 74.5 cm³/mol. The lowest BCUT2D eigenvalue weighted by molar-refractivity contribution is -0.148. The maximum atomic E-state index is 11.7. The summed E-state index contributed by atoms with van der Waals surface area (Å²) >= 11 is 0. The molecule has 2 aliphatic rings. The topological polar surface area (TPSA) is 78.6 Å². The van der Waals surface area contributed by atoms with Gasteiger partial charge >= 0.3 is 0 Å². The molecule has 2 fully saturated rings. The highest BCUT2D eigenvalue weighted by atomic mass is 16.3. The van der Waals surface area contributed by atoms with Crippen LogP contribution in [0.25, 0.3) is 0 Å². The molecule has 2 rings (SSSR count). The van der Waals surface area contributed by atoms with Gasteiger partial charge in [0.05, 0.1) is 17.7 Å². The van der Waals surface area contributed by atoms with Gasteiger partial charge in [-0.25, -0.2) is 0 Å². The number of rotatable bonds is 4. The number of nitrogens with two attached hydrogens (primary N) is 1. The van der Waals surface area contributed by atoms with Crippen LogP contribution in [0.2, 0.25) is 0 Å². The molecule has 2 saturated heterocycles. The Morgan fingerprint density at radius 2 is 2.26 bits per heavy atom. The van der Waals surface area contributed by atoms with Gasteiger partial charge in [-0.15, -0.1) is 0 Å². The number of amides is 1. The second-order valence-corrected chi connectivity index (χ2v) is 6.03. The lowest BCUT2D eigenvalue weighted by atomic mass is 9.67. The zero-order chi connectivity index (χ0) is 14.4. The first-order valence-corrected chi connectivity index (χ1v) is 6.98. The molecule has 0 aromatic rings. The van der Waals surface area contributed by atoms with E-state index in [1.807, 2.05) is 11.8 Å². The summed E-state index contributed by atoms with van der Waals surface area (Å²) in [6.45, 7) is 10.8. The Kier molecular flexibility index (Phi) is 3.73. The Labute approximate surface area is 114 Å². The molecule has 19 heavy (non-hydrogen) atoms. The van der Waals surface area contributed by atoms with Crippen LogP contribution in [0.15, 0.2) is 12.2 Å². The van der Waals surface area contributed by atoms with Crippen molar-refractivity contribution in [1.29, 1.82) is 0 Å². The van der Waals surface area contributed by atoms with E-state index in [9.17, 15) is 9.90 Å². The van der Waals surface area contributed by atoms with E-state index in [0.29, 0.717) is 0 Å². The summed E-state index contributed by atoms with van der Waals surface area (Å²) in [4.78, 5) is 13.7. The zero-order valence-electron chi connectivity index (χ0n) is 12.0. The van der Waals surface area contributed by atoms with Crippen LogP contribution in [0.5, 0.6) is 0 Å². The molecule has 1 amide bonds. The van der Waals surface area contributed by atoms with Crippen LogP contribution < -0.4 is 11.1 Å². The molecule has 0 aliphatic carbocycles. The van der Waals surface area contributed by atoms with Gasteiger partial charge in [0.2, 0.25) is 5.91 Å². The third-order valence-electron chi connectivity index (χ3n) is 4.74. The molecule has 1 spiro atoms. The Morgan fingerprint density at radius 1 is 1.63 bits per heavy atom. The monoisotopic (exact) mass is 267 g/mol. The third-order valence-corrected chi connectivity index (χ3v) is 4.74. The minimum absolute atomic E-state index is 0.00553. The Balaban J connectivity index is 2.31. The van der Waals surface area contributed by atoms with Gasteiger partial charge in [0.15, 0.2) is 0 Å². The summed E-state index contributed by atoms with van der Waals surface area (Å²) in [5.74, 6) is -0.471. The van der Waals surface area contributed by atoms with Crippen molar-refractivity contribution in [3.8, 4) is 0 Å². The highest BCUT2D eigenvalue weighted by Crippen LogP contribution is 2.46. The summed E-state index contributed by atoms with van der Waals surface area (Å²) in [5.41, 5.74) is 6.48. The molecule has 2 aliphatic heterocycles. The average molecular weight is 267 g/mol. The summed E-state index contributed by atoms with van der Waals surface area (Å²) in [7, 11) is 0. The van der Waals surface area contributed by atoms with E-state index >= 15 is 0 Å². The number of nitrogens with zero attached hydrogens (tertiary/aromatic N) is 1. The van der Waals surface area contributed by atoms with E-state index in [-0.39, 0.29) is 17.6 Å². The smallest absolute Gasteiger partial charge is 0.237 e. The molecule has 4 N–H and O–H groups in total. The van der Waals surface area contributed by atoms with E-state index in [4.69, 9.17) is 5.73 Å². The predicted octanol–water partition coefficient (Wildman–Crippen LogP) is -0.00790. The minimum Gasteiger partial charge on any atom is -0.391 e. The molecule has 0 bridgehead atoms. The Morgan fingerprint density at radius 3 is 2.63 bits per heavy atom. The van der Waals surface area contributed by atoms with E-state index in [0.717, 1.165) is 25.0 Å². The van der Waals surface area contributed by atoms with Crippen LogP contribution in [0, 0.1) is 0 Å². The first-order chi connectivity index (χ1) is 8.83. The van der Waals surface area contributed by atoms with Crippen molar-refractivity contribution in [2.24, 2.45) is 5.73 Å². The van der Waals surface area contributed by atoms with Crippen LogP contribution in [-0.2, 0) is 4.79 Å². The number of carbonyl (C=O) groups is 1. The van der Waals surface area contributed by atoms with Crippen molar-refractivity contribution in [1.82, 2.24) is 10.2 Å². The normalized spacial score (nSPS) is 37.9. The van der Waals surface area contributed by atoms with Gasteiger partial charge in [0.25, 0.3) is 0 Å². The van der Waals surface area contributed by atoms with E-state index in [1.54, 1.807) is 6.92 Å². The van der Waals surface area contributed by atoms with Gasteiger partial charge in [0, 0.05) is 6.04 Å². The average Bonchev–Trinajstić information content (AvgIpc) is 2.77. The van der Waals surface area contributed by atoms with Crippen molar-refractivity contribution in [2.45, 2.75) is 63.4 Å². The quantitative estimate of drug-likeness (QED) is 0.626. The number of likely N-dealkylation sites (tertiary alicyclic amines) is 1. The molecule has 3 unspecified atom stereocenters. The second kappa shape index (κ2) is 4.89. The molecule has 0 aromatic heterocycles. The standard InChI is InChI=1S/C14H25N3O2/c1-8(2)12-14(6-5-7-16-14)10(4)17(12)11(9(3)18)13(15)19/h9-12,16,18H,1,5-7H2,2-4H3,(H2,15,19)/t9-,10?,11+,12?,14?/m1/s1. The van der Waals surface area contributed by atoms with Crippen molar-refractivity contribution >= 4 is 5.91 Å². The zero-order valence-corrected chi connectivity index (χ0v) is 12.0. The number of primary amides is 1. The van der Waals surface area contributed by atoms with Crippen LogP contribution in [0.1, 0.15) is 33.6 Å². The molecular formula is C14H25N3O2. The maximum Gasteiger partial charge on any atom is 0.237 e. The summed E-state index contributed by atoms with van der Waals surface area (Å²) in [6, 6.07) is -0.411. The Hall–Kier alpha value is -0.910. The number of aliphatic hydroxyl groups is 1. The second-order valence-electron chi connectivity index (χ2n) is 6.03. The van der Waals surface area contributed by atoms with Gasteiger partial charge in [0.1, 0.15) is 6.04 Å². The van der Waals surface area contributed by atoms with E-state index in [2.05, 4.69) is 18.8 Å². The number of aliphatic hydroxyl groups excluding tert-OH is 1. The fourth-order valence-corrected chi connectivity index (χ4v) is 4.01. The molecule has 0 aromatic carbocycles.